The smallest absolute Gasteiger partial charge is 0.305 e. The van der Waals surface area contributed by atoms with E-state index in [1.807, 2.05) is 0 Å². The zero-order chi connectivity index (χ0) is 24.0. The molecule has 0 bridgehead atoms. The third-order valence-corrected chi connectivity index (χ3v) is 11.1. The molecule has 1 unspecified atom stereocenters. The lowest BCUT2D eigenvalue weighted by Crippen LogP contribution is -2.63. The Morgan fingerprint density at radius 1 is 1.03 bits per heavy atom. The molecule has 5 heteroatoms. The molecule has 9 atom stereocenters. The molecule has 0 heterocycles. The van der Waals surface area contributed by atoms with E-state index in [4.69, 9.17) is 9.47 Å². The van der Waals surface area contributed by atoms with Crippen LogP contribution >= 0.6 is 0 Å². The highest BCUT2D eigenvalue weighted by Gasteiger charge is 2.65. The van der Waals surface area contributed by atoms with Gasteiger partial charge >= 0.3 is 11.9 Å². The Balaban J connectivity index is 1.45. The number of aliphatic hydroxyl groups is 1. The van der Waals surface area contributed by atoms with E-state index < -0.39 is 5.60 Å². The summed E-state index contributed by atoms with van der Waals surface area (Å²) in [6.07, 6.45) is 11.9. The van der Waals surface area contributed by atoms with Gasteiger partial charge in [-0.3, -0.25) is 9.59 Å². The van der Waals surface area contributed by atoms with Gasteiger partial charge in [-0.15, -0.1) is 0 Å². The first-order valence-electron chi connectivity index (χ1n) is 13.5. The number of fused-ring (bicyclic) bond motifs is 5. The van der Waals surface area contributed by atoms with Crippen molar-refractivity contribution in [2.24, 2.45) is 40.4 Å². The van der Waals surface area contributed by atoms with Crippen LogP contribution in [-0.2, 0) is 19.1 Å². The van der Waals surface area contributed by atoms with Gasteiger partial charge in [0.15, 0.2) is 0 Å². The summed E-state index contributed by atoms with van der Waals surface area (Å²) in [5, 5.41) is 11.9. The van der Waals surface area contributed by atoms with E-state index in [1.165, 1.54) is 39.7 Å². The normalized spacial score (nSPS) is 45.3. The summed E-state index contributed by atoms with van der Waals surface area (Å²) >= 11 is 0. The van der Waals surface area contributed by atoms with Crippen molar-refractivity contribution in [2.75, 3.05) is 7.11 Å². The Kier molecular flexibility index (Phi) is 6.95. The number of carbonyl (C=O) groups excluding carboxylic acids is 2. The van der Waals surface area contributed by atoms with Gasteiger partial charge in [0.25, 0.3) is 0 Å². The summed E-state index contributed by atoms with van der Waals surface area (Å²) in [4.78, 5) is 23.1. The van der Waals surface area contributed by atoms with E-state index in [9.17, 15) is 14.7 Å². The SMILES string of the molecule is COC(=O)CCC[C@@H](C)[C@H]1CC[C@H]2[C@@H]3CCC4(O)C[C@@H](OC(C)=O)CC[C@]4(C)[C@H]3CC[C@]12C. The molecule has 33 heavy (non-hydrogen) atoms. The number of esters is 2. The molecular formula is C28H46O5. The Labute approximate surface area is 200 Å². The summed E-state index contributed by atoms with van der Waals surface area (Å²) < 4.78 is 10.4. The lowest BCUT2D eigenvalue weighted by atomic mass is 9.43. The van der Waals surface area contributed by atoms with Crippen LogP contribution in [0.3, 0.4) is 0 Å². The summed E-state index contributed by atoms with van der Waals surface area (Å²) in [6, 6.07) is 0. The lowest BCUT2D eigenvalue weighted by molar-refractivity contribution is -0.224. The third-order valence-electron chi connectivity index (χ3n) is 11.1. The quantitative estimate of drug-likeness (QED) is 0.515. The van der Waals surface area contributed by atoms with Crippen LogP contribution in [0, 0.1) is 40.4 Å². The average Bonchev–Trinajstić information content (AvgIpc) is 3.11. The van der Waals surface area contributed by atoms with Gasteiger partial charge in [-0.1, -0.05) is 20.8 Å². The molecule has 0 aromatic heterocycles. The molecule has 0 spiro atoms. The van der Waals surface area contributed by atoms with E-state index in [-0.39, 0.29) is 23.5 Å². The van der Waals surface area contributed by atoms with Gasteiger partial charge in [0.05, 0.1) is 12.7 Å². The topological polar surface area (TPSA) is 72.8 Å². The van der Waals surface area contributed by atoms with Gasteiger partial charge in [0, 0.05) is 19.8 Å². The fourth-order valence-electron chi connectivity index (χ4n) is 9.39. The Hall–Kier alpha value is -1.10. The molecule has 0 amide bonds. The second-order valence-corrected chi connectivity index (χ2v) is 12.5. The van der Waals surface area contributed by atoms with Crippen molar-refractivity contribution >= 4 is 11.9 Å². The molecule has 0 radical (unpaired) electrons. The number of rotatable bonds is 6. The molecule has 0 aromatic rings. The van der Waals surface area contributed by atoms with Gasteiger partial charge in [-0.25, -0.2) is 0 Å². The monoisotopic (exact) mass is 462 g/mol. The Morgan fingerprint density at radius 3 is 2.48 bits per heavy atom. The van der Waals surface area contributed by atoms with Gasteiger partial charge in [0.1, 0.15) is 6.10 Å². The number of hydrogen-bond donors (Lipinski definition) is 1. The van der Waals surface area contributed by atoms with Gasteiger partial charge < -0.3 is 14.6 Å². The van der Waals surface area contributed by atoms with Crippen LogP contribution in [0.25, 0.3) is 0 Å². The van der Waals surface area contributed by atoms with Crippen LogP contribution in [0.5, 0.6) is 0 Å². The molecule has 4 saturated carbocycles. The maximum atomic E-state index is 11.9. The maximum Gasteiger partial charge on any atom is 0.305 e. The van der Waals surface area contributed by atoms with Gasteiger partial charge in [-0.05, 0) is 105 Å². The minimum atomic E-state index is -0.709. The Bertz CT molecular complexity index is 751. The summed E-state index contributed by atoms with van der Waals surface area (Å²) in [7, 11) is 1.47. The summed E-state index contributed by atoms with van der Waals surface area (Å²) in [5.41, 5.74) is -0.399. The summed E-state index contributed by atoms with van der Waals surface area (Å²) in [6.45, 7) is 8.78. The molecular weight excluding hydrogens is 416 g/mol. The first-order valence-corrected chi connectivity index (χ1v) is 13.5. The minimum absolute atomic E-state index is 0.0713. The standard InChI is InChI=1S/C28H46O5/c1-18(7-6-8-25(30)32-5)22-9-10-23-21-12-16-28(31)17-20(33-19(2)29)11-15-27(28,4)24(21)13-14-26(22,23)3/h18,20-24,31H,6-17H2,1-5H3/t18-,20+,21+,22-,23+,24+,26-,27-,28?/m1/s1. The molecule has 4 fully saturated rings. The molecule has 0 aliphatic heterocycles. The van der Waals surface area contributed by atoms with Crippen LogP contribution in [0.2, 0.25) is 0 Å². The number of ether oxygens (including phenoxy) is 2. The molecule has 5 nitrogen and oxygen atoms in total. The fourth-order valence-corrected chi connectivity index (χ4v) is 9.39. The molecule has 188 valence electrons. The molecule has 4 aliphatic rings. The van der Waals surface area contributed by atoms with Gasteiger partial charge in [-0.2, -0.15) is 0 Å². The zero-order valence-corrected chi connectivity index (χ0v) is 21.5. The van der Waals surface area contributed by atoms with E-state index in [0.717, 1.165) is 50.4 Å². The predicted octanol–water partition coefficient (Wildman–Crippen LogP) is 5.67. The summed E-state index contributed by atoms with van der Waals surface area (Å²) in [5.74, 6) is 3.06. The lowest BCUT2D eigenvalue weighted by Gasteiger charge is -2.64. The zero-order valence-electron chi connectivity index (χ0n) is 21.5. The predicted molar refractivity (Wildman–Crippen MR) is 127 cm³/mol. The second kappa shape index (κ2) is 9.17. The second-order valence-electron chi connectivity index (χ2n) is 12.5. The average molecular weight is 463 g/mol. The van der Waals surface area contributed by atoms with Crippen LogP contribution < -0.4 is 0 Å². The van der Waals surface area contributed by atoms with Crippen molar-refractivity contribution < 1.29 is 24.2 Å². The van der Waals surface area contributed by atoms with E-state index in [2.05, 4.69) is 20.8 Å². The first kappa shape index (κ1) is 25.0. The van der Waals surface area contributed by atoms with Crippen molar-refractivity contribution in [3.05, 3.63) is 0 Å². The van der Waals surface area contributed by atoms with Gasteiger partial charge in [0.2, 0.25) is 0 Å². The van der Waals surface area contributed by atoms with E-state index in [1.54, 1.807) is 0 Å². The largest absolute Gasteiger partial charge is 0.469 e. The number of hydrogen-bond acceptors (Lipinski definition) is 5. The van der Waals surface area contributed by atoms with Crippen LogP contribution in [-0.4, -0.2) is 35.9 Å². The van der Waals surface area contributed by atoms with Crippen molar-refractivity contribution in [2.45, 2.75) is 116 Å². The van der Waals surface area contributed by atoms with Crippen LogP contribution in [0.1, 0.15) is 105 Å². The molecule has 0 saturated heterocycles. The highest BCUT2D eigenvalue weighted by Crippen LogP contribution is 2.69. The number of methoxy groups -OCH3 is 1. The Morgan fingerprint density at radius 2 is 1.79 bits per heavy atom. The highest BCUT2D eigenvalue weighted by molar-refractivity contribution is 5.69. The molecule has 4 aliphatic carbocycles. The van der Waals surface area contributed by atoms with Crippen molar-refractivity contribution in [1.29, 1.82) is 0 Å². The maximum absolute atomic E-state index is 11.9. The van der Waals surface area contributed by atoms with Crippen molar-refractivity contribution in [1.82, 2.24) is 0 Å². The van der Waals surface area contributed by atoms with Crippen LogP contribution in [0.4, 0.5) is 0 Å². The van der Waals surface area contributed by atoms with Crippen LogP contribution in [0.15, 0.2) is 0 Å². The number of carbonyl (C=O) groups is 2. The molecule has 0 aromatic carbocycles. The highest BCUT2D eigenvalue weighted by atomic mass is 16.5. The van der Waals surface area contributed by atoms with E-state index >= 15 is 0 Å². The van der Waals surface area contributed by atoms with Crippen molar-refractivity contribution in [3.8, 4) is 0 Å². The molecule has 4 rings (SSSR count). The van der Waals surface area contributed by atoms with Crippen molar-refractivity contribution in [3.63, 3.8) is 0 Å². The fraction of sp³-hybridized carbons (Fsp3) is 0.929. The third kappa shape index (κ3) is 4.25. The first-order chi connectivity index (χ1) is 15.5. The molecule has 1 N–H and O–H groups in total. The minimum Gasteiger partial charge on any atom is -0.469 e. The van der Waals surface area contributed by atoms with E-state index in [0.29, 0.717) is 36.0 Å².